The summed E-state index contributed by atoms with van der Waals surface area (Å²) in [5, 5.41) is 0. The first-order chi connectivity index (χ1) is 3.71. The quantitative estimate of drug-likeness (QED) is 0.689. The molecule has 0 aliphatic rings. The van der Waals surface area contributed by atoms with Crippen molar-refractivity contribution in [3.05, 3.63) is 0 Å². The van der Waals surface area contributed by atoms with Gasteiger partial charge in [0.2, 0.25) is 0 Å². The number of hydrogen-bond donors (Lipinski definition) is 0. The Morgan fingerprint density at radius 1 is 1.22 bits per heavy atom. The maximum atomic E-state index is 10.7. The van der Waals surface area contributed by atoms with E-state index in [1.165, 1.54) is 6.26 Å². The van der Waals surface area contributed by atoms with Crippen molar-refractivity contribution >= 4 is 28.2 Å². The Morgan fingerprint density at radius 3 is 1.56 bits per heavy atom. The molecule has 0 rings (SSSR count). The SMILES string of the molecule is CS(=O)(=O)[CH2][Sn]([CH3])([CH3])[CH3]. The first kappa shape index (κ1) is 9.75. The van der Waals surface area contributed by atoms with Crippen LogP contribution in [0.4, 0.5) is 0 Å². The van der Waals surface area contributed by atoms with Gasteiger partial charge in [-0.15, -0.1) is 0 Å². The Kier molecular flexibility index (Phi) is 3.01. The molecule has 0 saturated heterocycles. The zero-order valence-corrected chi connectivity index (χ0v) is 10.1. The van der Waals surface area contributed by atoms with Gasteiger partial charge in [-0.2, -0.15) is 0 Å². The van der Waals surface area contributed by atoms with Crippen LogP contribution in [-0.2, 0) is 9.84 Å². The predicted octanol–water partition coefficient (Wildman–Crippen LogP) is 0.908. The van der Waals surface area contributed by atoms with E-state index in [1.54, 1.807) is 0 Å². The maximum absolute atomic E-state index is 10.7. The molecule has 56 valence electrons. The van der Waals surface area contributed by atoms with Crippen LogP contribution in [0.25, 0.3) is 0 Å². The summed E-state index contributed by atoms with van der Waals surface area (Å²) < 4.78 is 21.9. The molecule has 0 unspecified atom stereocenters. The van der Waals surface area contributed by atoms with Gasteiger partial charge < -0.3 is 0 Å². The average molecular weight is 257 g/mol. The molecule has 0 aromatic carbocycles. The van der Waals surface area contributed by atoms with Crippen molar-refractivity contribution in [2.45, 2.75) is 14.8 Å². The van der Waals surface area contributed by atoms with Crippen molar-refractivity contribution in [1.82, 2.24) is 0 Å². The summed E-state index contributed by atoms with van der Waals surface area (Å²) in [6, 6.07) is 0. The van der Waals surface area contributed by atoms with Crippen molar-refractivity contribution in [2.75, 3.05) is 10.0 Å². The molecule has 0 amide bonds. The third kappa shape index (κ3) is 8.75. The fourth-order valence-corrected chi connectivity index (χ4v) is 15.8. The van der Waals surface area contributed by atoms with Crippen LogP contribution in [0.15, 0.2) is 0 Å². The standard InChI is InChI=1S/C2H5O2S.3CH3.Sn/c1-5(2,3)4;;;;/h1H2,2H3;3*1H3;. The van der Waals surface area contributed by atoms with Gasteiger partial charge in [0.15, 0.2) is 0 Å². The van der Waals surface area contributed by atoms with E-state index in [2.05, 4.69) is 14.8 Å². The third-order valence-electron chi connectivity index (χ3n) is 0.695. The second kappa shape index (κ2) is 2.78. The summed E-state index contributed by atoms with van der Waals surface area (Å²) in [5.41, 5.74) is 0. The molecular formula is C5H14O2SSn. The molecule has 0 radical (unpaired) electrons. The van der Waals surface area contributed by atoms with Crippen LogP contribution in [0.2, 0.25) is 14.8 Å². The normalized spacial score (nSPS) is 13.8. The molecule has 0 bridgehead atoms. The summed E-state index contributed by atoms with van der Waals surface area (Å²) in [6.07, 6.45) is 1.31. The van der Waals surface area contributed by atoms with Crippen molar-refractivity contribution in [3.8, 4) is 0 Å². The van der Waals surface area contributed by atoms with Crippen LogP contribution in [0.1, 0.15) is 0 Å². The Balaban J connectivity index is 4.07. The average Bonchev–Trinajstić information content (AvgIpc) is 1.14. The van der Waals surface area contributed by atoms with Crippen LogP contribution in [0.3, 0.4) is 0 Å². The second-order valence-electron chi connectivity index (χ2n) is 3.63. The molecule has 0 spiro atoms. The zero-order valence-electron chi connectivity index (χ0n) is 6.43. The number of rotatable bonds is 2. The minimum atomic E-state index is -2.69. The first-order valence-corrected chi connectivity index (χ1v) is 15.5. The fourth-order valence-electron chi connectivity index (χ4n) is 0.787. The van der Waals surface area contributed by atoms with E-state index in [1.807, 2.05) is 0 Å². The molecular weight excluding hydrogens is 243 g/mol. The van der Waals surface area contributed by atoms with Gasteiger partial charge in [0.1, 0.15) is 0 Å². The summed E-state index contributed by atoms with van der Waals surface area (Å²) in [7, 11) is -2.69. The van der Waals surface area contributed by atoms with E-state index in [9.17, 15) is 8.42 Å². The molecule has 0 saturated carbocycles. The van der Waals surface area contributed by atoms with E-state index in [0.717, 1.165) is 0 Å². The Labute approximate surface area is 61.4 Å². The number of sulfone groups is 1. The van der Waals surface area contributed by atoms with Gasteiger partial charge in [0.05, 0.1) is 0 Å². The summed E-state index contributed by atoms with van der Waals surface area (Å²) in [5.74, 6) is 0. The summed E-state index contributed by atoms with van der Waals surface area (Å²) >= 11 is -2.03. The van der Waals surface area contributed by atoms with Crippen LogP contribution in [0, 0.1) is 0 Å². The van der Waals surface area contributed by atoms with Gasteiger partial charge in [-0.05, 0) is 0 Å². The van der Waals surface area contributed by atoms with Crippen molar-refractivity contribution in [2.24, 2.45) is 0 Å². The van der Waals surface area contributed by atoms with Gasteiger partial charge in [0.25, 0.3) is 0 Å². The van der Waals surface area contributed by atoms with Crippen LogP contribution >= 0.6 is 0 Å². The van der Waals surface area contributed by atoms with Crippen LogP contribution in [-0.4, -0.2) is 36.8 Å². The second-order valence-corrected chi connectivity index (χ2v) is 22.9. The topological polar surface area (TPSA) is 34.1 Å². The van der Waals surface area contributed by atoms with Gasteiger partial charge in [-0.25, -0.2) is 0 Å². The Hall–Kier alpha value is 0.749. The van der Waals surface area contributed by atoms with E-state index in [0.29, 0.717) is 3.77 Å². The molecule has 0 N–H and O–H groups in total. The molecule has 0 heterocycles. The molecule has 0 atom stereocenters. The third-order valence-corrected chi connectivity index (χ3v) is 14.0. The minimum absolute atomic E-state index is 0.474. The number of hydrogen-bond acceptors (Lipinski definition) is 2. The molecule has 0 aromatic rings. The Bertz CT molecular complexity index is 176. The molecule has 0 aliphatic heterocycles. The van der Waals surface area contributed by atoms with Gasteiger partial charge >= 0.3 is 61.5 Å². The summed E-state index contributed by atoms with van der Waals surface area (Å²) in [6.45, 7) is 0. The monoisotopic (exact) mass is 258 g/mol. The summed E-state index contributed by atoms with van der Waals surface area (Å²) in [4.78, 5) is 6.36. The molecule has 9 heavy (non-hydrogen) atoms. The van der Waals surface area contributed by atoms with Gasteiger partial charge in [-0.1, -0.05) is 0 Å². The van der Waals surface area contributed by atoms with Crippen molar-refractivity contribution < 1.29 is 8.42 Å². The zero-order chi connectivity index (χ0) is 7.71. The molecule has 4 heteroatoms. The predicted molar refractivity (Wildman–Crippen MR) is 43.1 cm³/mol. The molecule has 0 fully saturated rings. The van der Waals surface area contributed by atoms with E-state index in [4.69, 9.17) is 0 Å². The van der Waals surface area contributed by atoms with E-state index < -0.39 is 28.2 Å². The van der Waals surface area contributed by atoms with Crippen LogP contribution < -0.4 is 0 Å². The molecule has 2 nitrogen and oxygen atoms in total. The fraction of sp³-hybridized carbons (Fsp3) is 1.00. The van der Waals surface area contributed by atoms with Crippen LogP contribution in [0.5, 0.6) is 0 Å². The van der Waals surface area contributed by atoms with E-state index in [-0.39, 0.29) is 0 Å². The molecule has 0 aromatic heterocycles. The van der Waals surface area contributed by atoms with Crippen molar-refractivity contribution in [1.29, 1.82) is 0 Å². The van der Waals surface area contributed by atoms with Gasteiger partial charge in [0, 0.05) is 0 Å². The first-order valence-electron chi connectivity index (χ1n) is 2.88. The van der Waals surface area contributed by atoms with Crippen molar-refractivity contribution in [3.63, 3.8) is 0 Å². The molecule has 0 aliphatic carbocycles. The Morgan fingerprint density at radius 2 is 1.56 bits per heavy atom. The van der Waals surface area contributed by atoms with Gasteiger partial charge in [-0.3, -0.25) is 0 Å². The van der Waals surface area contributed by atoms with E-state index >= 15 is 0 Å².